The first kappa shape index (κ1) is 8.81. The van der Waals surface area contributed by atoms with Crippen LogP contribution in [0.1, 0.15) is 28.8 Å². The Morgan fingerprint density at radius 1 is 1.43 bits per heavy atom. The molecule has 3 nitrogen and oxygen atoms in total. The molecule has 1 N–H and O–H groups in total. The van der Waals surface area contributed by atoms with Crippen molar-refractivity contribution >= 4 is 5.78 Å². The van der Waals surface area contributed by atoms with E-state index in [-0.39, 0.29) is 5.78 Å². The lowest BCUT2D eigenvalue weighted by Crippen LogP contribution is -1.87. The van der Waals surface area contributed by atoms with Gasteiger partial charge in [-0.05, 0) is 23.8 Å². The molecular weight excluding hydrogens is 178 g/mol. The number of ketones is 1. The summed E-state index contributed by atoms with van der Waals surface area (Å²) >= 11 is 0. The van der Waals surface area contributed by atoms with Gasteiger partial charge in [-0.3, -0.25) is 4.79 Å². The first-order chi connectivity index (χ1) is 6.75. The summed E-state index contributed by atoms with van der Waals surface area (Å²) in [6.07, 6.45) is 4.50. The average molecular weight is 189 g/mol. The molecule has 2 rings (SSSR count). The molecule has 0 bridgehead atoms. The van der Waals surface area contributed by atoms with Crippen LogP contribution in [0.3, 0.4) is 0 Å². The van der Waals surface area contributed by atoms with Crippen molar-refractivity contribution in [3.8, 4) is 0 Å². The molecule has 0 fully saturated rings. The minimum atomic E-state index is -0.0367. The molecule has 0 radical (unpaired) electrons. The molecule has 0 aliphatic rings. The summed E-state index contributed by atoms with van der Waals surface area (Å²) in [6.45, 7) is 1.50. The van der Waals surface area contributed by atoms with Crippen molar-refractivity contribution in [1.29, 1.82) is 0 Å². The molecule has 2 heterocycles. The highest BCUT2D eigenvalue weighted by Crippen LogP contribution is 2.13. The number of nitrogens with one attached hydrogen (secondary N) is 1. The summed E-state index contributed by atoms with van der Waals surface area (Å²) < 4.78 is 5.35. The maximum absolute atomic E-state index is 11.0. The summed E-state index contributed by atoms with van der Waals surface area (Å²) in [5, 5.41) is 0. The number of aromatic amines is 1. The minimum absolute atomic E-state index is 0.0367. The molecule has 0 aliphatic heterocycles. The number of Topliss-reactive ketones (excluding diaryl/α,β-unsaturated/α-hetero) is 1. The highest BCUT2D eigenvalue weighted by atomic mass is 16.3. The molecular formula is C11H11NO2. The van der Waals surface area contributed by atoms with Gasteiger partial charge in [0.1, 0.15) is 5.76 Å². The predicted octanol–water partition coefficient (Wildman–Crippen LogP) is 2.40. The standard InChI is InChI=1S/C11H11NO2/c1-8(13)11-3-2-10(14-11)6-9-4-5-12-7-9/h2-5,7,12H,6H2,1H3. The molecule has 0 unspecified atom stereocenters. The highest BCUT2D eigenvalue weighted by Gasteiger charge is 2.06. The van der Waals surface area contributed by atoms with Gasteiger partial charge >= 0.3 is 0 Å². The quantitative estimate of drug-likeness (QED) is 0.753. The number of carbonyl (C=O) groups is 1. The Morgan fingerprint density at radius 3 is 2.86 bits per heavy atom. The molecule has 2 aromatic heterocycles. The van der Waals surface area contributed by atoms with E-state index < -0.39 is 0 Å². The zero-order valence-electron chi connectivity index (χ0n) is 7.91. The third-order valence-electron chi connectivity index (χ3n) is 2.05. The molecule has 0 aromatic carbocycles. The van der Waals surface area contributed by atoms with Crippen molar-refractivity contribution in [2.75, 3.05) is 0 Å². The molecule has 0 aliphatic carbocycles. The van der Waals surface area contributed by atoms with Gasteiger partial charge in [0.2, 0.25) is 0 Å². The van der Waals surface area contributed by atoms with E-state index in [0.29, 0.717) is 5.76 Å². The zero-order valence-corrected chi connectivity index (χ0v) is 7.91. The van der Waals surface area contributed by atoms with Gasteiger partial charge in [-0.15, -0.1) is 0 Å². The lowest BCUT2D eigenvalue weighted by atomic mass is 10.2. The highest BCUT2D eigenvalue weighted by molar-refractivity contribution is 5.91. The number of furan rings is 1. The zero-order chi connectivity index (χ0) is 9.97. The normalized spacial score (nSPS) is 10.4. The van der Waals surface area contributed by atoms with E-state index in [1.807, 2.05) is 24.5 Å². The molecule has 14 heavy (non-hydrogen) atoms. The number of hydrogen-bond acceptors (Lipinski definition) is 2. The summed E-state index contributed by atoms with van der Waals surface area (Å²) in [4.78, 5) is 13.9. The number of hydrogen-bond donors (Lipinski definition) is 1. The Balaban J connectivity index is 2.14. The fourth-order valence-electron chi connectivity index (χ4n) is 1.33. The summed E-state index contributed by atoms with van der Waals surface area (Å²) in [5.74, 6) is 1.20. The maximum Gasteiger partial charge on any atom is 0.194 e. The second-order valence-electron chi connectivity index (χ2n) is 3.22. The number of H-pyrrole nitrogens is 1. The molecule has 72 valence electrons. The van der Waals surface area contributed by atoms with Crippen molar-refractivity contribution in [3.63, 3.8) is 0 Å². The van der Waals surface area contributed by atoms with Crippen LogP contribution >= 0.6 is 0 Å². The van der Waals surface area contributed by atoms with Gasteiger partial charge in [-0.1, -0.05) is 0 Å². The second-order valence-corrected chi connectivity index (χ2v) is 3.22. The molecule has 0 saturated carbocycles. The third-order valence-corrected chi connectivity index (χ3v) is 2.05. The fraction of sp³-hybridized carbons (Fsp3) is 0.182. The fourth-order valence-corrected chi connectivity index (χ4v) is 1.33. The minimum Gasteiger partial charge on any atom is -0.458 e. The molecule has 0 saturated heterocycles. The van der Waals surface area contributed by atoms with Crippen molar-refractivity contribution in [2.45, 2.75) is 13.3 Å². The first-order valence-electron chi connectivity index (χ1n) is 4.47. The molecule has 2 aromatic rings. The summed E-state index contributed by atoms with van der Waals surface area (Å²) in [6, 6.07) is 5.53. The van der Waals surface area contributed by atoms with Gasteiger partial charge in [0.25, 0.3) is 0 Å². The number of aromatic nitrogens is 1. The van der Waals surface area contributed by atoms with Crippen LogP contribution in [-0.2, 0) is 6.42 Å². The van der Waals surface area contributed by atoms with Crippen LogP contribution in [0.25, 0.3) is 0 Å². The van der Waals surface area contributed by atoms with E-state index in [9.17, 15) is 4.79 Å². The number of rotatable bonds is 3. The van der Waals surface area contributed by atoms with Gasteiger partial charge in [0, 0.05) is 25.7 Å². The molecule has 0 amide bonds. The second kappa shape index (κ2) is 3.54. The molecule has 0 atom stereocenters. The van der Waals surface area contributed by atoms with E-state index >= 15 is 0 Å². The van der Waals surface area contributed by atoms with Crippen LogP contribution in [0.2, 0.25) is 0 Å². The predicted molar refractivity (Wildman–Crippen MR) is 52.3 cm³/mol. The van der Waals surface area contributed by atoms with Crippen molar-refractivity contribution in [3.05, 3.63) is 47.7 Å². The third kappa shape index (κ3) is 1.76. The SMILES string of the molecule is CC(=O)c1ccc(Cc2cc[nH]c2)o1. The van der Waals surface area contributed by atoms with Crippen molar-refractivity contribution in [1.82, 2.24) is 4.98 Å². The Kier molecular flexibility index (Phi) is 2.23. The van der Waals surface area contributed by atoms with E-state index in [1.54, 1.807) is 6.07 Å². The maximum atomic E-state index is 11.0. The first-order valence-corrected chi connectivity index (χ1v) is 4.47. The van der Waals surface area contributed by atoms with Gasteiger partial charge in [-0.2, -0.15) is 0 Å². The van der Waals surface area contributed by atoms with Gasteiger partial charge in [-0.25, -0.2) is 0 Å². The smallest absolute Gasteiger partial charge is 0.194 e. The van der Waals surface area contributed by atoms with E-state index in [0.717, 1.165) is 17.7 Å². The van der Waals surface area contributed by atoms with Crippen LogP contribution in [0.15, 0.2) is 35.0 Å². The van der Waals surface area contributed by atoms with E-state index in [4.69, 9.17) is 4.42 Å². The van der Waals surface area contributed by atoms with Crippen LogP contribution < -0.4 is 0 Å². The van der Waals surface area contributed by atoms with E-state index in [2.05, 4.69) is 4.98 Å². The largest absolute Gasteiger partial charge is 0.458 e. The lowest BCUT2D eigenvalue weighted by Gasteiger charge is -1.92. The Hall–Kier alpha value is -1.77. The Bertz CT molecular complexity index is 426. The summed E-state index contributed by atoms with van der Waals surface area (Å²) in [7, 11) is 0. The average Bonchev–Trinajstić information content (AvgIpc) is 2.75. The van der Waals surface area contributed by atoms with Gasteiger partial charge < -0.3 is 9.40 Å². The molecule has 0 spiro atoms. The van der Waals surface area contributed by atoms with Crippen LogP contribution in [0, 0.1) is 0 Å². The van der Waals surface area contributed by atoms with Crippen LogP contribution in [-0.4, -0.2) is 10.8 Å². The Labute approximate surface area is 81.7 Å². The van der Waals surface area contributed by atoms with Crippen molar-refractivity contribution in [2.24, 2.45) is 0 Å². The van der Waals surface area contributed by atoms with Gasteiger partial charge in [0.15, 0.2) is 11.5 Å². The van der Waals surface area contributed by atoms with Crippen molar-refractivity contribution < 1.29 is 9.21 Å². The summed E-state index contributed by atoms with van der Waals surface area (Å²) in [5.41, 5.74) is 1.15. The number of carbonyl (C=O) groups excluding carboxylic acids is 1. The Morgan fingerprint density at radius 2 is 2.29 bits per heavy atom. The molecule has 3 heteroatoms. The van der Waals surface area contributed by atoms with E-state index in [1.165, 1.54) is 6.92 Å². The monoisotopic (exact) mass is 189 g/mol. The topological polar surface area (TPSA) is 46.0 Å². The van der Waals surface area contributed by atoms with Crippen LogP contribution in [0.4, 0.5) is 0 Å². The van der Waals surface area contributed by atoms with Gasteiger partial charge in [0.05, 0.1) is 0 Å². The van der Waals surface area contributed by atoms with Crippen LogP contribution in [0.5, 0.6) is 0 Å². The lowest BCUT2D eigenvalue weighted by molar-refractivity contribution is 0.0985.